The molecule has 58 valence electrons. The van der Waals surface area contributed by atoms with Gasteiger partial charge in [0, 0.05) is 5.92 Å². The van der Waals surface area contributed by atoms with Crippen LogP contribution in [0.2, 0.25) is 0 Å². The van der Waals surface area contributed by atoms with Crippen molar-refractivity contribution in [1.82, 2.24) is 0 Å². The van der Waals surface area contributed by atoms with Crippen LogP contribution in [0.4, 0.5) is 0 Å². The second-order valence-corrected chi connectivity index (χ2v) is 4.12. The molecular weight excluding hydrogens is 124 g/mol. The molecule has 1 heteroatoms. The van der Waals surface area contributed by atoms with Crippen LogP contribution in [0.25, 0.3) is 0 Å². The molecule has 2 atom stereocenters. The average molecular weight is 140 g/mol. The maximum Gasteiger partial charge on any atom is 0.0642 e. The van der Waals surface area contributed by atoms with Crippen LogP contribution >= 0.6 is 0 Å². The normalized spacial score (nSPS) is 33.2. The van der Waals surface area contributed by atoms with E-state index in [1.807, 2.05) is 0 Å². The third kappa shape index (κ3) is 1.40. The first kappa shape index (κ1) is 7.80. The van der Waals surface area contributed by atoms with Crippen molar-refractivity contribution in [3.05, 3.63) is 12.2 Å². The maximum absolute atomic E-state index is 9.46. The van der Waals surface area contributed by atoms with Crippen LogP contribution < -0.4 is 0 Å². The number of rotatable bonds is 0. The Morgan fingerprint density at radius 3 is 2.20 bits per heavy atom. The first-order valence-electron chi connectivity index (χ1n) is 3.86. The summed E-state index contributed by atoms with van der Waals surface area (Å²) in [5.41, 5.74) is 0.215. The first-order chi connectivity index (χ1) is 4.52. The van der Waals surface area contributed by atoms with Gasteiger partial charge in [0.15, 0.2) is 0 Å². The third-order valence-electron chi connectivity index (χ3n) is 2.14. The molecule has 1 aliphatic rings. The lowest BCUT2D eigenvalue weighted by molar-refractivity contribution is 0.0847. The minimum Gasteiger partial charge on any atom is -0.392 e. The van der Waals surface area contributed by atoms with Gasteiger partial charge >= 0.3 is 0 Å². The minimum absolute atomic E-state index is 0.139. The van der Waals surface area contributed by atoms with Crippen molar-refractivity contribution >= 4 is 0 Å². The Kier molecular flexibility index (Phi) is 1.86. The van der Waals surface area contributed by atoms with Gasteiger partial charge in [-0.1, -0.05) is 32.9 Å². The van der Waals surface area contributed by atoms with E-state index in [4.69, 9.17) is 0 Å². The summed E-state index contributed by atoms with van der Waals surface area (Å²) in [7, 11) is 0. The van der Waals surface area contributed by atoms with Crippen molar-refractivity contribution < 1.29 is 5.11 Å². The summed E-state index contributed by atoms with van der Waals surface area (Å²) in [5, 5.41) is 9.46. The molecule has 0 amide bonds. The molecule has 0 radical (unpaired) electrons. The summed E-state index contributed by atoms with van der Waals surface area (Å²) < 4.78 is 0. The van der Waals surface area contributed by atoms with Crippen LogP contribution in [0, 0.1) is 11.3 Å². The second-order valence-electron chi connectivity index (χ2n) is 4.12. The van der Waals surface area contributed by atoms with Crippen molar-refractivity contribution in [2.45, 2.75) is 33.3 Å². The van der Waals surface area contributed by atoms with Crippen LogP contribution in [-0.4, -0.2) is 11.2 Å². The molecule has 1 aliphatic carbocycles. The highest BCUT2D eigenvalue weighted by atomic mass is 16.3. The summed E-state index contributed by atoms with van der Waals surface area (Å²) in [6.07, 6.45) is 4.90. The molecule has 1 N–H and O–H groups in total. The molecule has 0 aliphatic heterocycles. The summed E-state index contributed by atoms with van der Waals surface area (Å²) in [4.78, 5) is 0. The van der Waals surface area contributed by atoms with E-state index in [0.717, 1.165) is 6.42 Å². The highest BCUT2D eigenvalue weighted by Gasteiger charge is 2.30. The maximum atomic E-state index is 9.46. The highest BCUT2D eigenvalue weighted by molar-refractivity contribution is 5.05. The molecule has 1 rings (SSSR count). The monoisotopic (exact) mass is 140 g/mol. The largest absolute Gasteiger partial charge is 0.392 e. The molecule has 0 saturated heterocycles. The quantitative estimate of drug-likeness (QED) is 0.510. The zero-order valence-corrected chi connectivity index (χ0v) is 6.96. The van der Waals surface area contributed by atoms with E-state index in [1.165, 1.54) is 0 Å². The van der Waals surface area contributed by atoms with Crippen LogP contribution in [-0.2, 0) is 0 Å². The van der Waals surface area contributed by atoms with E-state index in [-0.39, 0.29) is 11.5 Å². The molecule has 0 aromatic carbocycles. The lowest BCUT2D eigenvalue weighted by atomic mass is 9.79. The molecule has 10 heavy (non-hydrogen) atoms. The number of aliphatic hydroxyl groups excluding tert-OH is 1. The topological polar surface area (TPSA) is 20.2 Å². The molecule has 0 saturated carbocycles. The smallest absolute Gasteiger partial charge is 0.0642 e. The average Bonchev–Trinajstić information content (AvgIpc) is 2.11. The van der Waals surface area contributed by atoms with E-state index in [1.54, 1.807) is 0 Å². The Hall–Kier alpha value is -0.300. The SMILES string of the molecule is CC(C)(C)[C@@H]1C=CC[C@@H]1O. The zero-order chi connectivity index (χ0) is 7.78. The number of hydrogen-bond acceptors (Lipinski definition) is 1. The van der Waals surface area contributed by atoms with Gasteiger partial charge in [-0.2, -0.15) is 0 Å². The van der Waals surface area contributed by atoms with Crippen LogP contribution in [0.5, 0.6) is 0 Å². The summed E-state index contributed by atoms with van der Waals surface area (Å²) in [6, 6.07) is 0. The molecule has 0 aromatic rings. The Bertz CT molecular complexity index is 141. The minimum atomic E-state index is -0.139. The van der Waals surface area contributed by atoms with Gasteiger partial charge in [0.1, 0.15) is 0 Å². The van der Waals surface area contributed by atoms with Gasteiger partial charge in [0.2, 0.25) is 0 Å². The lowest BCUT2D eigenvalue weighted by Crippen LogP contribution is -2.27. The van der Waals surface area contributed by atoms with E-state index in [2.05, 4.69) is 32.9 Å². The first-order valence-corrected chi connectivity index (χ1v) is 3.86. The predicted octanol–water partition coefficient (Wildman–Crippen LogP) is 1.97. The molecule has 1 nitrogen and oxygen atoms in total. The van der Waals surface area contributed by atoms with Gasteiger partial charge in [-0.15, -0.1) is 0 Å². The Morgan fingerprint density at radius 1 is 1.40 bits per heavy atom. The molecule has 0 fully saturated rings. The molecule has 0 aromatic heterocycles. The van der Waals surface area contributed by atoms with Crippen molar-refractivity contribution in [3.8, 4) is 0 Å². The van der Waals surface area contributed by atoms with E-state index < -0.39 is 0 Å². The van der Waals surface area contributed by atoms with Crippen molar-refractivity contribution in [3.63, 3.8) is 0 Å². The van der Waals surface area contributed by atoms with Crippen LogP contribution in [0.3, 0.4) is 0 Å². The fraction of sp³-hybridized carbons (Fsp3) is 0.778. The fourth-order valence-corrected chi connectivity index (χ4v) is 1.51. The van der Waals surface area contributed by atoms with Gasteiger partial charge in [-0.3, -0.25) is 0 Å². The van der Waals surface area contributed by atoms with Crippen molar-refractivity contribution in [2.75, 3.05) is 0 Å². The van der Waals surface area contributed by atoms with Crippen LogP contribution in [0.1, 0.15) is 27.2 Å². The fourth-order valence-electron chi connectivity index (χ4n) is 1.51. The van der Waals surface area contributed by atoms with Gasteiger partial charge in [0.05, 0.1) is 6.10 Å². The van der Waals surface area contributed by atoms with Crippen LogP contribution in [0.15, 0.2) is 12.2 Å². The summed E-state index contributed by atoms with van der Waals surface area (Å²) >= 11 is 0. The zero-order valence-electron chi connectivity index (χ0n) is 6.96. The standard InChI is InChI=1S/C9H16O/c1-9(2,3)7-5-4-6-8(7)10/h4-5,7-8,10H,6H2,1-3H3/t7-,8+/m1/s1. The Balaban J connectivity index is 2.64. The Labute approximate surface area is 62.8 Å². The van der Waals surface area contributed by atoms with Crippen molar-refractivity contribution in [2.24, 2.45) is 11.3 Å². The van der Waals surface area contributed by atoms with Gasteiger partial charge in [0.25, 0.3) is 0 Å². The van der Waals surface area contributed by atoms with E-state index in [9.17, 15) is 5.11 Å². The lowest BCUT2D eigenvalue weighted by Gasteiger charge is -2.28. The predicted molar refractivity (Wildman–Crippen MR) is 42.7 cm³/mol. The highest BCUT2D eigenvalue weighted by Crippen LogP contribution is 2.34. The van der Waals surface area contributed by atoms with E-state index >= 15 is 0 Å². The summed E-state index contributed by atoms with van der Waals surface area (Å²) in [5.74, 6) is 0.354. The molecule has 0 heterocycles. The molecule has 0 unspecified atom stereocenters. The van der Waals surface area contributed by atoms with Gasteiger partial charge < -0.3 is 5.11 Å². The van der Waals surface area contributed by atoms with Crippen molar-refractivity contribution in [1.29, 1.82) is 0 Å². The third-order valence-corrected chi connectivity index (χ3v) is 2.14. The molecule has 0 spiro atoms. The second kappa shape index (κ2) is 2.39. The molecule has 0 bridgehead atoms. The number of hydrogen-bond donors (Lipinski definition) is 1. The Morgan fingerprint density at radius 2 is 2.00 bits per heavy atom. The van der Waals surface area contributed by atoms with E-state index in [0.29, 0.717) is 5.92 Å². The summed E-state index contributed by atoms with van der Waals surface area (Å²) in [6.45, 7) is 6.49. The van der Waals surface area contributed by atoms with Gasteiger partial charge in [-0.25, -0.2) is 0 Å². The molecular formula is C9H16O. The van der Waals surface area contributed by atoms with Gasteiger partial charge in [-0.05, 0) is 11.8 Å². The number of aliphatic hydroxyl groups is 1.